The molecule has 0 amide bonds. The second-order valence-electron chi connectivity index (χ2n) is 4.20. The molecular weight excluding hydrogens is 248 g/mol. The third-order valence-electron chi connectivity index (χ3n) is 2.64. The largest absolute Gasteiger partial charge is 0.393 e. The summed E-state index contributed by atoms with van der Waals surface area (Å²) in [6, 6.07) is 2.02. The maximum Gasteiger partial charge on any atom is 0.225 e. The number of nitrogens with zero attached hydrogens (tertiary/aromatic N) is 2. The molecule has 0 radical (unpaired) electrons. The number of anilines is 2. The summed E-state index contributed by atoms with van der Waals surface area (Å²) >= 11 is 1.60. The van der Waals surface area contributed by atoms with Gasteiger partial charge in [0.05, 0.1) is 11.5 Å². The Bertz CT molecular complexity index is 512. The van der Waals surface area contributed by atoms with Gasteiger partial charge in [0.1, 0.15) is 10.6 Å². The highest BCUT2D eigenvalue weighted by Crippen LogP contribution is 2.26. The zero-order chi connectivity index (χ0) is 13.0. The molecule has 0 saturated carbocycles. The van der Waals surface area contributed by atoms with Crippen LogP contribution in [0.25, 0.3) is 10.2 Å². The van der Waals surface area contributed by atoms with Gasteiger partial charge in [-0.2, -0.15) is 4.98 Å². The van der Waals surface area contributed by atoms with Gasteiger partial charge in [-0.25, -0.2) is 4.98 Å². The molecule has 0 aromatic carbocycles. The summed E-state index contributed by atoms with van der Waals surface area (Å²) in [6.45, 7) is 2.61. The summed E-state index contributed by atoms with van der Waals surface area (Å²) in [5, 5.41) is 18.5. The quantitative estimate of drug-likeness (QED) is 0.700. The van der Waals surface area contributed by atoms with Crippen LogP contribution in [0.3, 0.4) is 0 Å². The predicted molar refractivity (Wildman–Crippen MR) is 76.4 cm³/mol. The van der Waals surface area contributed by atoms with Crippen LogP contribution in [-0.4, -0.2) is 34.8 Å². The van der Waals surface area contributed by atoms with Crippen LogP contribution in [0.4, 0.5) is 11.8 Å². The summed E-state index contributed by atoms with van der Waals surface area (Å²) in [7, 11) is 1.81. The number of aliphatic hydroxyl groups is 1. The molecule has 2 aromatic heterocycles. The number of thiophene rings is 1. The average molecular weight is 266 g/mol. The number of hydrogen-bond donors (Lipinski definition) is 3. The topological polar surface area (TPSA) is 70.1 Å². The summed E-state index contributed by atoms with van der Waals surface area (Å²) in [4.78, 5) is 9.79. The van der Waals surface area contributed by atoms with Crippen LogP contribution in [0.2, 0.25) is 0 Å². The van der Waals surface area contributed by atoms with Gasteiger partial charge in [-0.05, 0) is 31.2 Å². The maximum absolute atomic E-state index is 9.21. The van der Waals surface area contributed by atoms with Crippen molar-refractivity contribution < 1.29 is 5.11 Å². The number of hydrogen-bond acceptors (Lipinski definition) is 6. The SMILES string of the molecule is CNc1nc(NCCCC(C)O)c2ccsc2n1. The molecule has 0 aliphatic rings. The van der Waals surface area contributed by atoms with Crippen molar-refractivity contribution in [2.75, 3.05) is 24.2 Å². The molecule has 2 rings (SSSR count). The Balaban J connectivity index is 2.08. The van der Waals surface area contributed by atoms with Gasteiger partial charge in [-0.15, -0.1) is 11.3 Å². The number of nitrogens with one attached hydrogen (secondary N) is 2. The van der Waals surface area contributed by atoms with E-state index in [9.17, 15) is 5.11 Å². The molecule has 6 heteroatoms. The minimum absolute atomic E-state index is 0.244. The fourth-order valence-corrected chi connectivity index (χ4v) is 2.47. The Kier molecular flexibility index (Phi) is 4.33. The smallest absolute Gasteiger partial charge is 0.225 e. The van der Waals surface area contributed by atoms with Crippen LogP contribution < -0.4 is 10.6 Å². The molecule has 0 aliphatic carbocycles. The first-order chi connectivity index (χ1) is 8.70. The van der Waals surface area contributed by atoms with Gasteiger partial charge < -0.3 is 15.7 Å². The van der Waals surface area contributed by atoms with Gasteiger partial charge in [0.15, 0.2) is 0 Å². The Labute approximate surface area is 110 Å². The molecule has 18 heavy (non-hydrogen) atoms. The van der Waals surface area contributed by atoms with E-state index in [0.29, 0.717) is 5.95 Å². The van der Waals surface area contributed by atoms with Crippen LogP contribution in [0.1, 0.15) is 19.8 Å². The van der Waals surface area contributed by atoms with Crippen LogP contribution in [0.15, 0.2) is 11.4 Å². The summed E-state index contributed by atoms with van der Waals surface area (Å²) in [5.41, 5.74) is 0. The zero-order valence-corrected chi connectivity index (χ0v) is 11.4. The Morgan fingerprint density at radius 2 is 2.28 bits per heavy atom. The van der Waals surface area contributed by atoms with Crippen LogP contribution in [-0.2, 0) is 0 Å². The van der Waals surface area contributed by atoms with Crippen molar-refractivity contribution in [3.63, 3.8) is 0 Å². The third kappa shape index (κ3) is 3.08. The highest BCUT2D eigenvalue weighted by molar-refractivity contribution is 7.16. The van der Waals surface area contributed by atoms with E-state index >= 15 is 0 Å². The van der Waals surface area contributed by atoms with Crippen LogP contribution in [0, 0.1) is 0 Å². The number of aliphatic hydroxyl groups excluding tert-OH is 1. The van der Waals surface area contributed by atoms with E-state index in [2.05, 4.69) is 20.6 Å². The van der Waals surface area contributed by atoms with E-state index in [1.165, 1.54) is 0 Å². The molecule has 5 nitrogen and oxygen atoms in total. The van der Waals surface area contributed by atoms with Gasteiger partial charge in [-0.1, -0.05) is 0 Å². The molecule has 2 aromatic rings. The molecule has 1 atom stereocenters. The number of fused-ring (bicyclic) bond motifs is 1. The molecule has 1 unspecified atom stereocenters. The maximum atomic E-state index is 9.21. The van der Waals surface area contributed by atoms with E-state index in [1.54, 1.807) is 18.3 Å². The third-order valence-corrected chi connectivity index (χ3v) is 3.45. The second-order valence-corrected chi connectivity index (χ2v) is 5.10. The van der Waals surface area contributed by atoms with Crippen molar-refractivity contribution in [1.29, 1.82) is 0 Å². The van der Waals surface area contributed by atoms with Crippen molar-refractivity contribution >= 4 is 33.3 Å². The van der Waals surface area contributed by atoms with E-state index in [-0.39, 0.29) is 6.10 Å². The molecule has 0 saturated heterocycles. The molecular formula is C12H18N4OS. The fourth-order valence-electron chi connectivity index (χ4n) is 1.71. The van der Waals surface area contributed by atoms with Gasteiger partial charge >= 0.3 is 0 Å². The highest BCUT2D eigenvalue weighted by Gasteiger charge is 2.07. The predicted octanol–water partition coefficient (Wildman–Crippen LogP) is 2.31. The first-order valence-electron chi connectivity index (χ1n) is 6.05. The lowest BCUT2D eigenvalue weighted by Crippen LogP contribution is -2.09. The van der Waals surface area contributed by atoms with Gasteiger partial charge in [-0.3, -0.25) is 0 Å². The standard InChI is InChI=1S/C12H18N4OS/c1-8(17)4-3-6-14-10-9-5-7-18-11(9)16-12(13-2)15-10/h5,7-8,17H,3-4,6H2,1-2H3,(H2,13,14,15,16). The lowest BCUT2D eigenvalue weighted by molar-refractivity contribution is 0.183. The molecule has 0 bridgehead atoms. The fraction of sp³-hybridized carbons (Fsp3) is 0.500. The average Bonchev–Trinajstić information content (AvgIpc) is 2.82. The van der Waals surface area contributed by atoms with E-state index in [0.717, 1.165) is 35.4 Å². The van der Waals surface area contributed by atoms with Crippen molar-refractivity contribution in [3.05, 3.63) is 11.4 Å². The summed E-state index contributed by atoms with van der Waals surface area (Å²) < 4.78 is 0. The lowest BCUT2D eigenvalue weighted by atomic mass is 10.2. The summed E-state index contributed by atoms with van der Waals surface area (Å²) in [6.07, 6.45) is 1.47. The second kappa shape index (κ2) is 5.97. The van der Waals surface area contributed by atoms with Gasteiger partial charge in [0, 0.05) is 13.6 Å². The monoisotopic (exact) mass is 266 g/mol. The minimum Gasteiger partial charge on any atom is -0.393 e. The van der Waals surface area contributed by atoms with Crippen molar-refractivity contribution in [2.45, 2.75) is 25.9 Å². The molecule has 0 fully saturated rings. The van der Waals surface area contributed by atoms with Gasteiger partial charge in [0.25, 0.3) is 0 Å². The summed E-state index contributed by atoms with van der Waals surface area (Å²) in [5.74, 6) is 1.49. The molecule has 98 valence electrons. The van der Waals surface area contributed by atoms with E-state index < -0.39 is 0 Å². The molecule has 3 N–H and O–H groups in total. The Morgan fingerprint density at radius 1 is 1.44 bits per heavy atom. The van der Waals surface area contributed by atoms with Crippen molar-refractivity contribution in [1.82, 2.24) is 9.97 Å². The van der Waals surface area contributed by atoms with Gasteiger partial charge in [0.2, 0.25) is 5.95 Å². The molecule has 2 heterocycles. The minimum atomic E-state index is -0.244. The molecule has 0 spiro atoms. The van der Waals surface area contributed by atoms with Crippen LogP contribution >= 0.6 is 11.3 Å². The Hall–Kier alpha value is -1.40. The van der Waals surface area contributed by atoms with E-state index in [1.807, 2.05) is 18.5 Å². The van der Waals surface area contributed by atoms with Crippen molar-refractivity contribution in [2.24, 2.45) is 0 Å². The lowest BCUT2D eigenvalue weighted by Gasteiger charge is -2.09. The first-order valence-corrected chi connectivity index (χ1v) is 6.93. The number of rotatable bonds is 6. The normalized spacial score (nSPS) is 12.6. The highest BCUT2D eigenvalue weighted by atomic mass is 32.1. The first kappa shape index (κ1) is 13.0. The molecule has 0 aliphatic heterocycles. The van der Waals surface area contributed by atoms with Crippen LogP contribution in [0.5, 0.6) is 0 Å². The van der Waals surface area contributed by atoms with Crippen molar-refractivity contribution in [3.8, 4) is 0 Å². The Morgan fingerprint density at radius 3 is 3.00 bits per heavy atom. The zero-order valence-electron chi connectivity index (χ0n) is 10.6. The van der Waals surface area contributed by atoms with E-state index in [4.69, 9.17) is 0 Å². The number of aromatic nitrogens is 2.